The minimum absolute atomic E-state index is 0.0418. The molecule has 55 heavy (non-hydrogen) atoms. The number of aliphatic carboxylic acids is 1. The first-order valence-corrected chi connectivity index (χ1v) is 23.6. The molecule has 0 amide bonds. The number of ether oxygens (including phenoxy) is 3. The number of carbonyl (C=O) groups excluding carboxylic acids is 2. The number of quaternary nitrogens is 1. The van der Waals surface area contributed by atoms with Gasteiger partial charge in [-0.3, -0.25) is 9.59 Å². The van der Waals surface area contributed by atoms with E-state index in [1.807, 2.05) is 21.1 Å². The van der Waals surface area contributed by atoms with E-state index in [-0.39, 0.29) is 36.2 Å². The molecule has 0 aromatic carbocycles. The molecule has 0 aliphatic rings. The van der Waals surface area contributed by atoms with E-state index in [0.29, 0.717) is 19.3 Å². The highest BCUT2D eigenvalue weighted by molar-refractivity contribution is 5.72. The molecule has 0 aromatic heterocycles. The Morgan fingerprint density at radius 1 is 0.473 bits per heavy atom. The van der Waals surface area contributed by atoms with Crippen molar-refractivity contribution >= 4 is 17.9 Å². The van der Waals surface area contributed by atoms with Gasteiger partial charge in [-0.15, -0.1) is 0 Å². The van der Waals surface area contributed by atoms with Crippen LogP contribution in [0.25, 0.3) is 0 Å². The van der Waals surface area contributed by atoms with Crippen molar-refractivity contribution in [3.63, 3.8) is 0 Å². The molecule has 326 valence electrons. The maximum Gasteiger partial charge on any atom is 0.362 e. The Hall–Kier alpha value is -1.67. The lowest BCUT2D eigenvalue weighted by Gasteiger charge is -2.31. The number of carboxylic acids is 1. The summed E-state index contributed by atoms with van der Waals surface area (Å²) in [6.45, 7) is 4.78. The Morgan fingerprint density at radius 3 is 1.13 bits per heavy atom. The number of rotatable bonds is 43. The van der Waals surface area contributed by atoms with Gasteiger partial charge in [-0.1, -0.05) is 200 Å². The van der Waals surface area contributed by atoms with Crippen LogP contribution in [0, 0.1) is 0 Å². The van der Waals surface area contributed by atoms with Gasteiger partial charge in [0.25, 0.3) is 0 Å². The van der Waals surface area contributed by atoms with Crippen LogP contribution in [0.15, 0.2) is 0 Å². The molecule has 0 aliphatic heterocycles. The fourth-order valence-corrected chi connectivity index (χ4v) is 7.33. The predicted molar refractivity (Wildman–Crippen MR) is 229 cm³/mol. The average Bonchev–Trinajstić information content (AvgIpc) is 3.14. The second-order valence-electron chi connectivity index (χ2n) is 17.4. The summed E-state index contributed by atoms with van der Waals surface area (Å²) >= 11 is 0. The van der Waals surface area contributed by atoms with Crippen LogP contribution in [0.4, 0.5) is 0 Å². The van der Waals surface area contributed by atoms with Crippen molar-refractivity contribution < 1.29 is 38.2 Å². The largest absolute Gasteiger partial charge is 0.477 e. The van der Waals surface area contributed by atoms with Gasteiger partial charge in [-0.25, -0.2) is 4.79 Å². The number of hydrogen-bond donors (Lipinski definition) is 1. The van der Waals surface area contributed by atoms with E-state index in [4.69, 9.17) is 14.2 Å². The number of carbonyl (C=O) groups is 3. The topological polar surface area (TPSA) is 99.1 Å². The van der Waals surface area contributed by atoms with Crippen molar-refractivity contribution in [3.8, 4) is 0 Å². The van der Waals surface area contributed by atoms with Crippen molar-refractivity contribution in [1.82, 2.24) is 0 Å². The number of carboxylic acid groups (broad SMARTS) is 1. The van der Waals surface area contributed by atoms with Gasteiger partial charge in [0, 0.05) is 19.3 Å². The molecular weight excluding hydrogens is 691 g/mol. The monoisotopic (exact) mass is 783 g/mol. The molecule has 0 spiro atoms. The standard InChI is InChI=1S/C47H91NO7/c1-6-8-10-12-14-16-18-20-21-22-23-24-26-28-30-32-34-36-38-46(50)55-43(41-53-40-39-44(47(51)52)48(3,4)5)42-54-45(49)37-35-33-31-29-27-25-19-17-15-13-11-9-7-2/h43-44H,6-42H2,1-5H3/p+1. The Kier molecular flexibility index (Phi) is 38.0. The van der Waals surface area contributed by atoms with Crippen molar-refractivity contribution in [1.29, 1.82) is 0 Å². The van der Waals surface area contributed by atoms with Crippen LogP contribution in [0.1, 0.15) is 232 Å². The third kappa shape index (κ3) is 37.7. The highest BCUT2D eigenvalue weighted by atomic mass is 16.6. The van der Waals surface area contributed by atoms with Gasteiger partial charge in [0.2, 0.25) is 0 Å². The molecule has 0 fully saturated rings. The lowest BCUT2D eigenvalue weighted by molar-refractivity contribution is -0.887. The van der Waals surface area contributed by atoms with E-state index in [2.05, 4.69) is 13.8 Å². The molecule has 0 aromatic rings. The molecule has 8 nitrogen and oxygen atoms in total. The van der Waals surface area contributed by atoms with Crippen LogP contribution in [0.2, 0.25) is 0 Å². The second-order valence-corrected chi connectivity index (χ2v) is 17.4. The van der Waals surface area contributed by atoms with Gasteiger partial charge in [0.05, 0.1) is 34.4 Å². The van der Waals surface area contributed by atoms with Crippen LogP contribution in [-0.4, -0.2) is 80.6 Å². The first-order valence-electron chi connectivity index (χ1n) is 23.6. The first kappa shape index (κ1) is 53.3. The second kappa shape index (κ2) is 39.2. The molecule has 2 unspecified atom stereocenters. The third-order valence-corrected chi connectivity index (χ3v) is 11.0. The lowest BCUT2D eigenvalue weighted by atomic mass is 10.0. The Morgan fingerprint density at radius 2 is 0.800 bits per heavy atom. The van der Waals surface area contributed by atoms with E-state index in [1.54, 1.807) is 0 Å². The first-order chi connectivity index (χ1) is 26.6. The zero-order valence-electron chi connectivity index (χ0n) is 37.2. The summed E-state index contributed by atoms with van der Waals surface area (Å²) in [6, 6.07) is -0.608. The normalized spacial score (nSPS) is 12.8. The summed E-state index contributed by atoms with van der Waals surface area (Å²) in [5.41, 5.74) is 0. The molecule has 0 radical (unpaired) electrons. The quantitative estimate of drug-likeness (QED) is 0.0373. The van der Waals surface area contributed by atoms with Crippen LogP contribution in [-0.2, 0) is 28.6 Å². The molecule has 0 heterocycles. The fourth-order valence-electron chi connectivity index (χ4n) is 7.33. The Balaban J connectivity index is 4.24. The van der Waals surface area contributed by atoms with E-state index in [9.17, 15) is 19.5 Å². The van der Waals surface area contributed by atoms with Crippen molar-refractivity contribution in [2.24, 2.45) is 0 Å². The van der Waals surface area contributed by atoms with Gasteiger partial charge in [0.15, 0.2) is 12.1 Å². The number of hydrogen-bond acceptors (Lipinski definition) is 6. The highest BCUT2D eigenvalue weighted by Gasteiger charge is 2.31. The third-order valence-electron chi connectivity index (χ3n) is 11.0. The Labute approximate surface area is 340 Å². The number of unbranched alkanes of at least 4 members (excludes halogenated alkanes) is 29. The molecular formula is C47H92NO7+. The zero-order chi connectivity index (χ0) is 40.7. The molecule has 0 rings (SSSR count). The molecule has 0 bridgehead atoms. The maximum absolute atomic E-state index is 12.7. The van der Waals surface area contributed by atoms with Crippen LogP contribution >= 0.6 is 0 Å². The van der Waals surface area contributed by atoms with Gasteiger partial charge in [-0.2, -0.15) is 0 Å². The van der Waals surface area contributed by atoms with Crippen LogP contribution in [0.3, 0.4) is 0 Å². The molecule has 8 heteroatoms. The molecule has 0 aliphatic carbocycles. The molecule has 1 N–H and O–H groups in total. The fraction of sp³-hybridized carbons (Fsp3) is 0.936. The van der Waals surface area contributed by atoms with E-state index in [1.165, 1.54) is 161 Å². The molecule has 2 atom stereocenters. The van der Waals surface area contributed by atoms with Crippen LogP contribution < -0.4 is 0 Å². The van der Waals surface area contributed by atoms with Crippen molar-refractivity contribution in [2.75, 3.05) is 41.0 Å². The van der Waals surface area contributed by atoms with Gasteiger partial charge >= 0.3 is 17.9 Å². The summed E-state index contributed by atoms with van der Waals surface area (Å²) in [5, 5.41) is 9.62. The number of nitrogens with zero attached hydrogens (tertiary/aromatic N) is 1. The number of likely N-dealkylation sites (N-methyl/N-ethyl adjacent to an activating group) is 1. The summed E-state index contributed by atoms with van der Waals surface area (Å²) in [6.07, 6.45) is 40.0. The van der Waals surface area contributed by atoms with Gasteiger partial charge in [-0.05, 0) is 12.8 Å². The van der Waals surface area contributed by atoms with Gasteiger partial charge in [0.1, 0.15) is 6.61 Å². The highest BCUT2D eigenvalue weighted by Crippen LogP contribution is 2.16. The van der Waals surface area contributed by atoms with E-state index >= 15 is 0 Å². The smallest absolute Gasteiger partial charge is 0.362 e. The SMILES string of the molecule is CCCCCCCCCCCCCCCCCCCCC(=O)OC(COCCC(C(=O)O)[N+](C)(C)C)COC(=O)CCCCCCCCCCCCCCC. The van der Waals surface area contributed by atoms with Gasteiger partial charge < -0.3 is 23.8 Å². The summed E-state index contributed by atoms with van der Waals surface area (Å²) in [5.74, 6) is -1.44. The average molecular weight is 783 g/mol. The zero-order valence-corrected chi connectivity index (χ0v) is 37.2. The predicted octanol–water partition coefficient (Wildman–Crippen LogP) is 12.9. The molecule has 0 saturated carbocycles. The number of esters is 2. The Bertz CT molecular complexity index is 874. The van der Waals surface area contributed by atoms with Crippen LogP contribution in [0.5, 0.6) is 0 Å². The van der Waals surface area contributed by atoms with Crippen molar-refractivity contribution in [2.45, 2.75) is 244 Å². The maximum atomic E-state index is 12.7. The summed E-state index contributed by atoms with van der Waals surface area (Å²) in [4.78, 5) is 37.0. The minimum Gasteiger partial charge on any atom is -0.477 e. The minimum atomic E-state index is -0.870. The van der Waals surface area contributed by atoms with E-state index in [0.717, 1.165) is 38.5 Å². The van der Waals surface area contributed by atoms with Crippen molar-refractivity contribution in [3.05, 3.63) is 0 Å². The summed E-state index contributed by atoms with van der Waals surface area (Å²) in [7, 11) is 5.54. The molecule has 0 saturated heterocycles. The summed E-state index contributed by atoms with van der Waals surface area (Å²) < 4.78 is 17.3. The van der Waals surface area contributed by atoms with E-state index < -0.39 is 18.1 Å². The lowest BCUT2D eigenvalue weighted by Crippen LogP contribution is -2.50.